The van der Waals surface area contributed by atoms with Gasteiger partial charge in [0.2, 0.25) is 5.91 Å². The standard InChI is InChI=1S/C17H27NO3/c1-2-11-9-13(14(10-11)17(20)21)16(19)18-8-4-6-12-5-3-7-15(12)18/h11-15H,2-10H2,1H3,(H,20,21)/t11?,12?,13-,14+,15?/m0/s1. The predicted octanol–water partition coefficient (Wildman–Crippen LogP) is 2.91. The second kappa shape index (κ2) is 5.98. The van der Waals surface area contributed by atoms with Crippen LogP contribution < -0.4 is 0 Å². The van der Waals surface area contributed by atoms with Crippen LogP contribution in [0.25, 0.3) is 0 Å². The molecule has 2 aliphatic carbocycles. The summed E-state index contributed by atoms with van der Waals surface area (Å²) in [6, 6.07) is 0.404. The Bertz CT molecular complexity index is 422. The van der Waals surface area contributed by atoms with Crippen molar-refractivity contribution in [3.8, 4) is 0 Å². The van der Waals surface area contributed by atoms with Gasteiger partial charge < -0.3 is 10.0 Å². The van der Waals surface area contributed by atoms with Gasteiger partial charge in [-0.3, -0.25) is 9.59 Å². The molecule has 1 heterocycles. The Hall–Kier alpha value is -1.06. The van der Waals surface area contributed by atoms with Crippen LogP contribution in [0.15, 0.2) is 0 Å². The van der Waals surface area contributed by atoms with E-state index < -0.39 is 11.9 Å². The van der Waals surface area contributed by atoms with Crippen molar-refractivity contribution in [1.82, 2.24) is 4.90 Å². The zero-order valence-corrected chi connectivity index (χ0v) is 13.0. The largest absolute Gasteiger partial charge is 0.481 e. The first-order valence-electron chi connectivity index (χ1n) is 8.65. The molecule has 4 heteroatoms. The summed E-state index contributed by atoms with van der Waals surface area (Å²) in [4.78, 5) is 26.6. The topological polar surface area (TPSA) is 57.6 Å². The first kappa shape index (κ1) is 14.9. The van der Waals surface area contributed by atoms with E-state index in [4.69, 9.17) is 0 Å². The maximum atomic E-state index is 13.0. The molecule has 3 fully saturated rings. The van der Waals surface area contributed by atoms with Crippen LogP contribution in [0.3, 0.4) is 0 Å². The number of fused-ring (bicyclic) bond motifs is 1. The van der Waals surface area contributed by atoms with Gasteiger partial charge in [-0.05, 0) is 50.4 Å². The van der Waals surface area contributed by atoms with E-state index in [1.807, 2.05) is 0 Å². The van der Waals surface area contributed by atoms with Crippen LogP contribution in [-0.4, -0.2) is 34.5 Å². The maximum Gasteiger partial charge on any atom is 0.307 e. The van der Waals surface area contributed by atoms with Crippen LogP contribution in [-0.2, 0) is 9.59 Å². The molecule has 0 aromatic heterocycles. The van der Waals surface area contributed by atoms with Crippen molar-refractivity contribution in [3.63, 3.8) is 0 Å². The Morgan fingerprint density at radius 2 is 1.81 bits per heavy atom. The van der Waals surface area contributed by atoms with E-state index >= 15 is 0 Å². The van der Waals surface area contributed by atoms with Crippen LogP contribution in [0.4, 0.5) is 0 Å². The highest BCUT2D eigenvalue weighted by Gasteiger charge is 2.46. The van der Waals surface area contributed by atoms with Crippen LogP contribution in [0, 0.1) is 23.7 Å². The van der Waals surface area contributed by atoms with Gasteiger partial charge in [0.15, 0.2) is 0 Å². The highest BCUT2D eigenvalue weighted by atomic mass is 16.4. The van der Waals surface area contributed by atoms with E-state index in [1.54, 1.807) is 0 Å². The number of rotatable bonds is 3. The summed E-state index contributed by atoms with van der Waals surface area (Å²) < 4.78 is 0. The Morgan fingerprint density at radius 3 is 2.52 bits per heavy atom. The lowest BCUT2D eigenvalue weighted by molar-refractivity contribution is -0.151. The van der Waals surface area contributed by atoms with Crippen molar-refractivity contribution >= 4 is 11.9 Å². The minimum Gasteiger partial charge on any atom is -0.481 e. The predicted molar refractivity (Wildman–Crippen MR) is 79.7 cm³/mol. The van der Waals surface area contributed by atoms with Crippen molar-refractivity contribution in [2.45, 2.75) is 64.3 Å². The van der Waals surface area contributed by atoms with E-state index in [9.17, 15) is 14.7 Å². The minimum atomic E-state index is -0.774. The van der Waals surface area contributed by atoms with Crippen molar-refractivity contribution in [2.75, 3.05) is 6.54 Å². The Kier molecular flexibility index (Phi) is 4.23. The average molecular weight is 293 g/mol. The third-order valence-corrected chi connectivity index (χ3v) is 6.15. The molecule has 1 aliphatic heterocycles. The van der Waals surface area contributed by atoms with Crippen LogP contribution in [0.5, 0.6) is 0 Å². The zero-order chi connectivity index (χ0) is 15.0. The molecular formula is C17H27NO3. The van der Waals surface area contributed by atoms with Crippen molar-refractivity contribution in [2.24, 2.45) is 23.7 Å². The fourth-order valence-electron chi connectivity index (χ4n) is 4.96. The highest BCUT2D eigenvalue weighted by Crippen LogP contribution is 2.42. The smallest absolute Gasteiger partial charge is 0.307 e. The van der Waals surface area contributed by atoms with Gasteiger partial charge in [-0.15, -0.1) is 0 Å². The molecule has 3 aliphatic rings. The first-order valence-corrected chi connectivity index (χ1v) is 8.65. The number of aliphatic carboxylic acids is 1. The molecule has 2 saturated carbocycles. The summed E-state index contributed by atoms with van der Waals surface area (Å²) in [5.74, 6) is -0.270. The molecule has 1 amide bonds. The summed E-state index contributed by atoms with van der Waals surface area (Å²) in [6.07, 6.45) is 8.39. The molecule has 0 radical (unpaired) electrons. The number of nitrogens with zero attached hydrogens (tertiary/aromatic N) is 1. The summed E-state index contributed by atoms with van der Waals surface area (Å²) in [6.45, 7) is 2.95. The minimum absolute atomic E-state index is 0.148. The van der Waals surface area contributed by atoms with Gasteiger partial charge >= 0.3 is 5.97 Å². The van der Waals surface area contributed by atoms with Crippen molar-refractivity contribution in [1.29, 1.82) is 0 Å². The molecule has 0 spiro atoms. The normalized spacial score (nSPS) is 39.3. The number of hydrogen-bond donors (Lipinski definition) is 1. The zero-order valence-electron chi connectivity index (χ0n) is 13.0. The van der Waals surface area contributed by atoms with E-state index in [0.29, 0.717) is 24.3 Å². The quantitative estimate of drug-likeness (QED) is 0.870. The lowest BCUT2D eigenvalue weighted by Crippen LogP contribution is -2.49. The molecule has 0 aromatic carbocycles. The van der Waals surface area contributed by atoms with Crippen molar-refractivity contribution < 1.29 is 14.7 Å². The van der Waals surface area contributed by atoms with E-state index in [1.165, 1.54) is 19.3 Å². The lowest BCUT2D eigenvalue weighted by atomic mass is 9.88. The number of carbonyl (C=O) groups excluding carboxylic acids is 1. The van der Waals surface area contributed by atoms with Gasteiger partial charge in [0.1, 0.15) is 0 Å². The summed E-state index contributed by atoms with van der Waals surface area (Å²) in [5.41, 5.74) is 0. The second-order valence-corrected chi connectivity index (χ2v) is 7.23. The Balaban J connectivity index is 1.75. The monoisotopic (exact) mass is 293 g/mol. The fraction of sp³-hybridized carbons (Fsp3) is 0.882. The number of carbonyl (C=O) groups is 2. The van der Waals surface area contributed by atoms with Gasteiger partial charge in [0.05, 0.1) is 11.8 Å². The fourth-order valence-corrected chi connectivity index (χ4v) is 4.96. The molecule has 4 nitrogen and oxygen atoms in total. The third kappa shape index (κ3) is 2.69. The SMILES string of the molecule is CCC1C[C@H](C(=O)N2CCCC3CCCC32)[C@H](C(=O)O)C1. The number of carboxylic acids is 1. The number of carboxylic acid groups (broad SMARTS) is 1. The second-order valence-electron chi connectivity index (χ2n) is 7.23. The first-order chi connectivity index (χ1) is 10.1. The lowest BCUT2D eigenvalue weighted by Gasteiger charge is -2.39. The van der Waals surface area contributed by atoms with Crippen LogP contribution in [0.2, 0.25) is 0 Å². The van der Waals surface area contributed by atoms with E-state index in [2.05, 4.69) is 11.8 Å². The van der Waals surface area contributed by atoms with Crippen LogP contribution >= 0.6 is 0 Å². The summed E-state index contributed by atoms with van der Waals surface area (Å²) in [5, 5.41) is 9.46. The highest BCUT2D eigenvalue weighted by molar-refractivity contribution is 5.85. The summed E-state index contributed by atoms with van der Waals surface area (Å²) >= 11 is 0. The van der Waals surface area contributed by atoms with Gasteiger partial charge in [0.25, 0.3) is 0 Å². The number of likely N-dealkylation sites (tertiary alicyclic amines) is 1. The third-order valence-electron chi connectivity index (χ3n) is 6.15. The molecule has 3 unspecified atom stereocenters. The van der Waals surface area contributed by atoms with Crippen molar-refractivity contribution in [3.05, 3.63) is 0 Å². The number of piperidine rings is 1. The molecule has 1 saturated heterocycles. The molecule has 0 bridgehead atoms. The number of hydrogen-bond acceptors (Lipinski definition) is 2. The Morgan fingerprint density at radius 1 is 1.10 bits per heavy atom. The molecule has 21 heavy (non-hydrogen) atoms. The Labute approximate surface area is 126 Å². The molecule has 3 rings (SSSR count). The van der Waals surface area contributed by atoms with Gasteiger partial charge in [-0.1, -0.05) is 19.8 Å². The van der Waals surface area contributed by atoms with Gasteiger partial charge in [0, 0.05) is 12.6 Å². The van der Waals surface area contributed by atoms with Gasteiger partial charge in [-0.2, -0.15) is 0 Å². The van der Waals surface area contributed by atoms with E-state index in [-0.39, 0.29) is 11.8 Å². The van der Waals surface area contributed by atoms with Crippen LogP contribution in [0.1, 0.15) is 58.3 Å². The maximum absolute atomic E-state index is 13.0. The molecule has 5 atom stereocenters. The molecule has 118 valence electrons. The molecule has 0 aromatic rings. The summed E-state index contributed by atoms with van der Waals surface area (Å²) in [7, 11) is 0. The average Bonchev–Trinajstić information content (AvgIpc) is 3.12. The molecule has 1 N–H and O–H groups in total. The van der Waals surface area contributed by atoms with Gasteiger partial charge in [-0.25, -0.2) is 0 Å². The van der Waals surface area contributed by atoms with E-state index in [0.717, 1.165) is 32.2 Å². The number of amides is 1. The molecular weight excluding hydrogens is 266 g/mol.